The highest BCUT2D eigenvalue weighted by atomic mass is 16.7. The van der Waals surface area contributed by atoms with Crippen molar-refractivity contribution in [3.63, 3.8) is 0 Å². The van der Waals surface area contributed by atoms with Crippen molar-refractivity contribution in [2.45, 2.75) is 13.3 Å². The van der Waals surface area contributed by atoms with Gasteiger partial charge < -0.3 is 0 Å². The highest BCUT2D eigenvalue weighted by molar-refractivity contribution is 5.69. The van der Waals surface area contributed by atoms with Gasteiger partial charge in [-0.1, -0.05) is 37.3 Å². The molecule has 0 fully saturated rings. The molecule has 1 aliphatic heterocycles. The van der Waals surface area contributed by atoms with Gasteiger partial charge in [0, 0.05) is 0 Å². The summed E-state index contributed by atoms with van der Waals surface area (Å²) in [7, 11) is 0. The minimum atomic E-state index is 0.780. The predicted molar refractivity (Wildman–Crippen MR) is 59.1 cm³/mol. The Balaban J connectivity index is 2.18. The van der Waals surface area contributed by atoms with Crippen LogP contribution < -0.4 is 5.06 Å². The molecule has 1 heterocycles. The van der Waals surface area contributed by atoms with Crippen LogP contribution >= 0.6 is 0 Å². The Bertz CT molecular complexity index is 333. The molecule has 0 amide bonds. The maximum Gasteiger partial charge on any atom is 0.0746 e. The summed E-state index contributed by atoms with van der Waals surface area (Å²) < 4.78 is 0. The normalized spacial score (nSPS) is 14.2. The summed E-state index contributed by atoms with van der Waals surface area (Å²) in [4.78, 5) is 5.64. The van der Waals surface area contributed by atoms with Crippen LogP contribution in [0.5, 0.6) is 0 Å². The fourth-order valence-electron chi connectivity index (χ4n) is 1.55. The summed E-state index contributed by atoms with van der Waals surface area (Å²) in [6.07, 6.45) is 5.31. The van der Waals surface area contributed by atoms with Crippen molar-refractivity contribution in [2.75, 3.05) is 18.2 Å². The van der Waals surface area contributed by atoms with Gasteiger partial charge in [0.05, 0.1) is 18.8 Å². The van der Waals surface area contributed by atoms with Crippen molar-refractivity contribution < 1.29 is 4.84 Å². The van der Waals surface area contributed by atoms with Crippen molar-refractivity contribution in [1.82, 2.24) is 0 Å². The van der Waals surface area contributed by atoms with Crippen LogP contribution in [0, 0.1) is 0 Å². The zero-order chi connectivity index (χ0) is 9.80. The van der Waals surface area contributed by atoms with Crippen molar-refractivity contribution in [3.8, 4) is 0 Å². The second kappa shape index (κ2) is 4.29. The molecule has 2 nitrogen and oxygen atoms in total. The first-order valence-electron chi connectivity index (χ1n) is 5.08. The Morgan fingerprint density at radius 2 is 2.21 bits per heavy atom. The van der Waals surface area contributed by atoms with E-state index in [9.17, 15) is 0 Å². The third-order valence-corrected chi connectivity index (χ3v) is 2.23. The molecular formula is C12H15NO. The molecule has 0 spiro atoms. The Morgan fingerprint density at radius 3 is 3.07 bits per heavy atom. The molecule has 0 atom stereocenters. The maximum atomic E-state index is 5.64. The van der Waals surface area contributed by atoms with Gasteiger partial charge in [0.2, 0.25) is 0 Å². The van der Waals surface area contributed by atoms with Crippen LogP contribution in [0.15, 0.2) is 30.3 Å². The molecule has 0 saturated heterocycles. The smallest absolute Gasteiger partial charge is 0.0746 e. The van der Waals surface area contributed by atoms with Gasteiger partial charge in [-0.05, 0) is 18.1 Å². The minimum absolute atomic E-state index is 0.780. The molecule has 0 bridgehead atoms. The number of hydroxylamine groups is 1. The van der Waals surface area contributed by atoms with Gasteiger partial charge in [0.1, 0.15) is 0 Å². The van der Waals surface area contributed by atoms with Gasteiger partial charge in [-0.25, -0.2) is 5.06 Å². The second-order valence-corrected chi connectivity index (χ2v) is 3.36. The standard InChI is InChI=1S/C12H15NO/c1-2-10-14-13-9-5-7-11-6-3-4-8-12(11)13/h3-8H,2,9-10H2,1H3. The molecule has 2 heteroatoms. The predicted octanol–water partition coefficient (Wildman–Crippen LogP) is 2.86. The lowest BCUT2D eigenvalue weighted by Crippen LogP contribution is -2.26. The number of para-hydroxylation sites is 1. The van der Waals surface area contributed by atoms with Gasteiger partial charge >= 0.3 is 0 Å². The molecule has 1 aromatic carbocycles. The third kappa shape index (κ3) is 1.80. The lowest BCUT2D eigenvalue weighted by molar-refractivity contribution is 0.114. The van der Waals surface area contributed by atoms with Crippen molar-refractivity contribution in [1.29, 1.82) is 0 Å². The van der Waals surface area contributed by atoms with Crippen molar-refractivity contribution >= 4 is 11.8 Å². The fraction of sp³-hybridized carbons (Fsp3) is 0.333. The summed E-state index contributed by atoms with van der Waals surface area (Å²) in [6, 6.07) is 8.29. The first kappa shape index (κ1) is 9.28. The van der Waals surface area contributed by atoms with E-state index in [1.165, 1.54) is 11.3 Å². The van der Waals surface area contributed by atoms with E-state index in [1.54, 1.807) is 0 Å². The van der Waals surface area contributed by atoms with Crippen LogP contribution in [0.2, 0.25) is 0 Å². The van der Waals surface area contributed by atoms with E-state index < -0.39 is 0 Å². The Morgan fingerprint density at radius 1 is 1.36 bits per heavy atom. The maximum absolute atomic E-state index is 5.64. The number of nitrogens with zero attached hydrogens (tertiary/aromatic N) is 1. The highest BCUT2D eigenvalue weighted by Gasteiger charge is 2.11. The molecule has 1 aromatic rings. The molecular weight excluding hydrogens is 174 g/mol. The van der Waals surface area contributed by atoms with E-state index in [1.807, 2.05) is 17.2 Å². The fourth-order valence-corrected chi connectivity index (χ4v) is 1.55. The van der Waals surface area contributed by atoms with Crippen LogP contribution in [0.3, 0.4) is 0 Å². The molecule has 1 aliphatic rings. The number of hydrogen-bond acceptors (Lipinski definition) is 2. The van der Waals surface area contributed by atoms with Gasteiger partial charge in [0.15, 0.2) is 0 Å². The van der Waals surface area contributed by atoms with E-state index in [4.69, 9.17) is 4.84 Å². The summed E-state index contributed by atoms with van der Waals surface area (Å²) >= 11 is 0. The number of rotatable bonds is 3. The van der Waals surface area contributed by atoms with Crippen molar-refractivity contribution in [3.05, 3.63) is 35.9 Å². The number of hydrogen-bond donors (Lipinski definition) is 0. The van der Waals surface area contributed by atoms with Gasteiger partial charge in [-0.3, -0.25) is 4.84 Å². The van der Waals surface area contributed by atoms with E-state index in [0.717, 1.165) is 19.6 Å². The van der Waals surface area contributed by atoms with Crippen LogP contribution in [-0.4, -0.2) is 13.2 Å². The van der Waals surface area contributed by atoms with Crippen LogP contribution in [0.1, 0.15) is 18.9 Å². The third-order valence-electron chi connectivity index (χ3n) is 2.23. The molecule has 0 radical (unpaired) electrons. The zero-order valence-electron chi connectivity index (χ0n) is 8.44. The molecule has 0 saturated carbocycles. The summed E-state index contributed by atoms with van der Waals surface area (Å²) in [5.74, 6) is 0. The number of fused-ring (bicyclic) bond motifs is 1. The van der Waals surface area contributed by atoms with E-state index in [0.29, 0.717) is 0 Å². The van der Waals surface area contributed by atoms with Crippen LogP contribution in [0.25, 0.3) is 6.08 Å². The molecule has 14 heavy (non-hydrogen) atoms. The topological polar surface area (TPSA) is 12.5 Å². The SMILES string of the molecule is CCCON1CC=Cc2ccccc21. The summed E-state index contributed by atoms with van der Waals surface area (Å²) in [5.41, 5.74) is 2.40. The molecule has 74 valence electrons. The summed E-state index contributed by atoms with van der Waals surface area (Å²) in [6.45, 7) is 3.74. The Kier molecular flexibility index (Phi) is 2.84. The monoisotopic (exact) mass is 189 g/mol. The summed E-state index contributed by atoms with van der Waals surface area (Å²) in [5, 5.41) is 1.96. The minimum Gasteiger partial charge on any atom is -0.273 e. The molecule has 2 rings (SSSR count). The largest absolute Gasteiger partial charge is 0.273 e. The quantitative estimate of drug-likeness (QED) is 0.725. The van der Waals surface area contributed by atoms with E-state index in [-0.39, 0.29) is 0 Å². The molecule has 0 unspecified atom stereocenters. The highest BCUT2D eigenvalue weighted by Crippen LogP contribution is 2.25. The second-order valence-electron chi connectivity index (χ2n) is 3.36. The first-order valence-corrected chi connectivity index (χ1v) is 5.08. The van der Waals surface area contributed by atoms with Gasteiger partial charge in [-0.2, -0.15) is 0 Å². The Hall–Kier alpha value is -1.28. The number of benzene rings is 1. The van der Waals surface area contributed by atoms with Crippen LogP contribution in [-0.2, 0) is 4.84 Å². The van der Waals surface area contributed by atoms with E-state index in [2.05, 4.69) is 31.2 Å². The molecule has 0 aromatic heterocycles. The first-order chi connectivity index (χ1) is 6.92. The zero-order valence-corrected chi connectivity index (χ0v) is 8.44. The Labute approximate surface area is 84.8 Å². The van der Waals surface area contributed by atoms with Crippen molar-refractivity contribution in [2.24, 2.45) is 0 Å². The lowest BCUT2D eigenvalue weighted by atomic mass is 10.1. The molecule has 0 aliphatic carbocycles. The van der Waals surface area contributed by atoms with Gasteiger partial charge in [-0.15, -0.1) is 0 Å². The van der Waals surface area contributed by atoms with Gasteiger partial charge in [0.25, 0.3) is 0 Å². The average Bonchev–Trinajstić information content (AvgIpc) is 2.26. The molecule has 0 N–H and O–H groups in total. The average molecular weight is 189 g/mol. The lowest BCUT2D eigenvalue weighted by Gasteiger charge is -2.26. The van der Waals surface area contributed by atoms with Crippen LogP contribution in [0.4, 0.5) is 5.69 Å². The van der Waals surface area contributed by atoms with E-state index >= 15 is 0 Å². The number of anilines is 1.